The third kappa shape index (κ3) is 1.80. The van der Waals surface area contributed by atoms with E-state index in [1.54, 1.807) is 6.20 Å². The topological polar surface area (TPSA) is 62.7 Å². The largest absolute Gasteiger partial charge is 0.323 e. The first-order valence-corrected chi connectivity index (χ1v) is 4.79. The molecule has 2 rings (SSSR count). The molecule has 0 aliphatic heterocycles. The molecule has 1 atom stereocenters. The van der Waals surface area contributed by atoms with E-state index >= 15 is 0 Å². The number of pyridine rings is 1. The number of fused-ring (bicyclic) bond motifs is 1. The number of benzene rings is 1. The zero-order valence-corrected chi connectivity index (χ0v) is 8.22. The van der Waals surface area contributed by atoms with Crippen molar-refractivity contribution in [2.45, 2.75) is 12.5 Å². The fourth-order valence-corrected chi connectivity index (χ4v) is 1.65. The predicted octanol–water partition coefficient (Wildman–Crippen LogP) is 2.15. The lowest BCUT2D eigenvalue weighted by Crippen LogP contribution is -2.09. The third-order valence-corrected chi connectivity index (χ3v) is 2.39. The molecule has 0 bridgehead atoms. The SMILES string of the molecule is N#CCC(N)c1ccnc2ccccc12. The number of para-hydroxylation sites is 1. The Bertz CT molecular complexity index is 508. The van der Waals surface area contributed by atoms with Gasteiger partial charge in [0.05, 0.1) is 18.0 Å². The second-order valence-corrected chi connectivity index (χ2v) is 3.39. The molecule has 0 radical (unpaired) electrons. The van der Waals surface area contributed by atoms with Crippen LogP contribution in [0.3, 0.4) is 0 Å². The van der Waals surface area contributed by atoms with Crippen molar-refractivity contribution < 1.29 is 0 Å². The van der Waals surface area contributed by atoms with Crippen LogP contribution in [0.15, 0.2) is 36.5 Å². The Morgan fingerprint density at radius 2 is 2.13 bits per heavy atom. The fraction of sp³-hybridized carbons (Fsp3) is 0.167. The first-order valence-electron chi connectivity index (χ1n) is 4.79. The van der Waals surface area contributed by atoms with Gasteiger partial charge in [-0.25, -0.2) is 0 Å². The molecule has 1 unspecified atom stereocenters. The molecule has 0 amide bonds. The van der Waals surface area contributed by atoms with E-state index in [2.05, 4.69) is 11.1 Å². The van der Waals surface area contributed by atoms with Crippen molar-refractivity contribution in [1.29, 1.82) is 5.26 Å². The summed E-state index contributed by atoms with van der Waals surface area (Å²) in [6.07, 6.45) is 2.06. The Hall–Kier alpha value is -1.92. The van der Waals surface area contributed by atoms with Gasteiger partial charge in [-0.05, 0) is 17.7 Å². The highest BCUT2D eigenvalue weighted by atomic mass is 14.7. The van der Waals surface area contributed by atoms with Gasteiger partial charge in [0.2, 0.25) is 0 Å². The molecule has 0 fully saturated rings. The number of hydrogen-bond acceptors (Lipinski definition) is 3. The normalized spacial score (nSPS) is 12.3. The number of hydrogen-bond donors (Lipinski definition) is 1. The van der Waals surface area contributed by atoms with E-state index in [1.807, 2.05) is 30.3 Å². The maximum Gasteiger partial charge on any atom is 0.0705 e. The summed E-state index contributed by atoms with van der Waals surface area (Å²) in [5, 5.41) is 9.65. The molecule has 3 heteroatoms. The van der Waals surface area contributed by atoms with Gasteiger partial charge in [-0.3, -0.25) is 4.98 Å². The Labute approximate surface area is 88.2 Å². The summed E-state index contributed by atoms with van der Waals surface area (Å²) in [4.78, 5) is 4.25. The zero-order valence-electron chi connectivity index (χ0n) is 8.22. The maximum absolute atomic E-state index is 8.62. The summed E-state index contributed by atoms with van der Waals surface area (Å²) >= 11 is 0. The average molecular weight is 197 g/mol. The minimum absolute atomic E-state index is 0.233. The summed E-state index contributed by atoms with van der Waals surface area (Å²) in [6, 6.07) is 11.5. The molecule has 2 N–H and O–H groups in total. The number of nitrogens with zero attached hydrogens (tertiary/aromatic N) is 2. The zero-order chi connectivity index (χ0) is 10.7. The lowest BCUT2D eigenvalue weighted by molar-refractivity contribution is 0.754. The molecule has 0 saturated heterocycles. The molecule has 2 aromatic rings. The standard InChI is InChI=1S/C12H11N3/c13-7-5-11(14)9-6-8-15-12-4-2-1-3-10(9)12/h1-4,6,8,11H,5,14H2. The van der Waals surface area contributed by atoms with E-state index in [9.17, 15) is 0 Å². The Morgan fingerprint density at radius 1 is 1.33 bits per heavy atom. The van der Waals surface area contributed by atoms with E-state index in [-0.39, 0.29) is 6.04 Å². The monoisotopic (exact) mass is 197 g/mol. The lowest BCUT2D eigenvalue weighted by Gasteiger charge is -2.10. The number of nitriles is 1. The quantitative estimate of drug-likeness (QED) is 0.802. The smallest absolute Gasteiger partial charge is 0.0705 e. The highest BCUT2D eigenvalue weighted by Crippen LogP contribution is 2.22. The second kappa shape index (κ2) is 4.07. The van der Waals surface area contributed by atoms with Crippen LogP contribution in [0.1, 0.15) is 18.0 Å². The van der Waals surface area contributed by atoms with Crippen molar-refractivity contribution in [3.05, 3.63) is 42.1 Å². The molecule has 0 spiro atoms. The van der Waals surface area contributed by atoms with Crippen molar-refractivity contribution >= 4 is 10.9 Å². The molecular weight excluding hydrogens is 186 g/mol. The van der Waals surface area contributed by atoms with Gasteiger partial charge in [0, 0.05) is 17.6 Å². The van der Waals surface area contributed by atoms with E-state index in [0.717, 1.165) is 16.5 Å². The molecule has 0 aliphatic rings. The lowest BCUT2D eigenvalue weighted by atomic mass is 10.0. The fourth-order valence-electron chi connectivity index (χ4n) is 1.65. The molecule has 1 aromatic heterocycles. The first-order chi connectivity index (χ1) is 7.33. The molecule has 0 aliphatic carbocycles. The van der Waals surface area contributed by atoms with Gasteiger partial charge in [-0.2, -0.15) is 5.26 Å². The summed E-state index contributed by atoms with van der Waals surface area (Å²) in [7, 11) is 0. The number of rotatable bonds is 2. The van der Waals surface area contributed by atoms with Crippen molar-refractivity contribution in [3.63, 3.8) is 0 Å². The van der Waals surface area contributed by atoms with Gasteiger partial charge in [-0.1, -0.05) is 18.2 Å². The molecule has 15 heavy (non-hydrogen) atoms. The summed E-state index contributed by atoms with van der Waals surface area (Å²) in [5.74, 6) is 0. The second-order valence-electron chi connectivity index (χ2n) is 3.39. The highest BCUT2D eigenvalue weighted by Gasteiger charge is 2.08. The van der Waals surface area contributed by atoms with Crippen LogP contribution in [0, 0.1) is 11.3 Å². The van der Waals surface area contributed by atoms with Crippen LogP contribution in [0.4, 0.5) is 0 Å². The molecule has 1 heterocycles. The third-order valence-electron chi connectivity index (χ3n) is 2.39. The van der Waals surface area contributed by atoms with Gasteiger partial charge >= 0.3 is 0 Å². The van der Waals surface area contributed by atoms with E-state index in [1.165, 1.54) is 0 Å². The first kappa shape index (κ1) is 9.63. The molecule has 1 aromatic carbocycles. The summed E-state index contributed by atoms with van der Waals surface area (Å²) < 4.78 is 0. The molecule has 3 nitrogen and oxygen atoms in total. The molecular formula is C12H11N3. The van der Waals surface area contributed by atoms with Crippen molar-refractivity contribution in [2.75, 3.05) is 0 Å². The van der Waals surface area contributed by atoms with E-state index < -0.39 is 0 Å². The minimum Gasteiger partial charge on any atom is -0.323 e. The van der Waals surface area contributed by atoms with Crippen LogP contribution in [0.25, 0.3) is 10.9 Å². The maximum atomic E-state index is 8.62. The number of aromatic nitrogens is 1. The average Bonchev–Trinajstić information content (AvgIpc) is 2.28. The van der Waals surface area contributed by atoms with Crippen LogP contribution in [0.5, 0.6) is 0 Å². The Balaban J connectivity index is 2.56. The van der Waals surface area contributed by atoms with Crippen LogP contribution in [0.2, 0.25) is 0 Å². The van der Waals surface area contributed by atoms with Crippen LogP contribution >= 0.6 is 0 Å². The van der Waals surface area contributed by atoms with Crippen LogP contribution in [-0.2, 0) is 0 Å². The van der Waals surface area contributed by atoms with Gasteiger partial charge in [0.15, 0.2) is 0 Å². The Morgan fingerprint density at radius 3 is 2.93 bits per heavy atom. The van der Waals surface area contributed by atoms with Crippen molar-refractivity contribution in [1.82, 2.24) is 4.98 Å². The van der Waals surface area contributed by atoms with Crippen LogP contribution in [-0.4, -0.2) is 4.98 Å². The van der Waals surface area contributed by atoms with Gasteiger partial charge in [0.1, 0.15) is 0 Å². The van der Waals surface area contributed by atoms with Crippen molar-refractivity contribution in [3.8, 4) is 6.07 Å². The van der Waals surface area contributed by atoms with Crippen LogP contribution < -0.4 is 5.73 Å². The predicted molar refractivity (Wildman–Crippen MR) is 58.9 cm³/mol. The van der Waals surface area contributed by atoms with Gasteiger partial charge < -0.3 is 5.73 Å². The minimum atomic E-state index is -0.233. The van der Waals surface area contributed by atoms with E-state index in [0.29, 0.717) is 6.42 Å². The number of nitrogens with two attached hydrogens (primary N) is 1. The molecule has 74 valence electrons. The molecule has 0 saturated carbocycles. The van der Waals surface area contributed by atoms with Gasteiger partial charge in [-0.15, -0.1) is 0 Å². The van der Waals surface area contributed by atoms with Gasteiger partial charge in [0.25, 0.3) is 0 Å². The Kier molecular flexibility index (Phi) is 2.61. The highest BCUT2D eigenvalue weighted by molar-refractivity contribution is 5.82. The van der Waals surface area contributed by atoms with Crippen molar-refractivity contribution in [2.24, 2.45) is 5.73 Å². The summed E-state index contributed by atoms with van der Waals surface area (Å²) in [6.45, 7) is 0. The van der Waals surface area contributed by atoms with E-state index in [4.69, 9.17) is 11.0 Å². The summed E-state index contributed by atoms with van der Waals surface area (Å²) in [5.41, 5.74) is 7.83.